The summed E-state index contributed by atoms with van der Waals surface area (Å²) in [5, 5.41) is 6.35. The van der Waals surface area contributed by atoms with Gasteiger partial charge in [0.25, 0.3) is 0 Å². The lowest BCUT2D eigenvalue weighted by Crippen LogP contribution is -2.37. The Bertz CT molecular complexity index is 574. The summed E-state index contributed by atoms with van der Waals surface area (Å²) in [6.07, 6.45) is 2.94. The van der Waals surface area contributed by atoms with Gasteiger partial charge in [-0.1, -0.05) is 0 Å². The van der Waals surface area contributed by atoms with Crippen molar-refractivity contribution in [2.45, 2.75) is 45.8 Å². The number of amides is 1. The molecule has 0 spiro atoms. The molecule has 1 unspecified atom stereocenters. The number of halogens is 1. The first-order chi connectivity index (χ1) is 11.2. The molecule has 1 fully saturated rings. The van der Waals surface area contributed by atoms with E-state index < -0.39 is 0 Å². The topological polar surface area (TPSA) is 59.6 Å². The van der Waals surface area contributed by atoms with Crippen molar-refractivity contribution >= 4 is 18.3 Å². The summed E-state index contributed by atoms with van der Waals surface area (Å²) < 4.78 is 11.6. The monoisotopic (exact) mass is 354 g/mol. The molecule has 1 saturated heterocycles. The Morgan fingerprint density at radius 2 is 2.12 bits per heavy atom. The van der Waals surface area contributed by atoms with Gasteiger partial charge in [0.1, 0.15) is 17.6 Å². The van der Waals surface area contributed by atoms with Gasteiger partial charge >= 0.3 is 0 Å². The SMILES string of the molecule is CCOc1cc2c(cc1CNC(=O)C1CCNCC1)OC(C)C2.Cl. The van der Waals surface area contributed by atoms with Crippen LogP contribution >= 0.6 is 12.4 Å². The van der Waals surface area contributed by atoms with Gasteiger partial charge in [0.2, 0.25) is 5.91 Å². The average Bonchev–Trinajstić information content (AvgIpc) is 2.92. The maximum atomic E-state index is 12.3. The van der Waals surface area contributed by atoms with Gasteiger partial charge in [0.15, 0.2) is 0 Å². The molecule has 134 valence electrons. The fraction of sp³-hybridized carbons (Fsp3) is 0.611. The molecule has 2 heterocycles. The number of ether oxygens (including phenoxy) is 2. The van der Waals surface area contributed by atoms with Gasteiger partial charge in [-0.05, 0) is 51.9 Å². The summed E-state index contributed by atoms with van der Waals surface area (Å²) in [5.41, 5.74) is 2.18. The van der Waals surface area contributed by atoms with Gasteiger partial charge in [-0.25, -0.2) is 0 Å². The second-order valence-corrected chi connectivity index (χ2v) is 6.38. The molecule has 1 aromatic carbocycles. The molecule has 1 aromatic rings. The molecular formula is C18H27ClN2O3. The molecular weight excluding hydrogens is 328 g/mol. The average molecular weight is 355 g/mol. The number of carbonyl (C=O) groups excluding carboxylic acids is 1. The van der Waals surface area contributed by atoms with Crippen molar-refractivity contribution < 1.29 is 14.3 Å². The first-order valence-electron chi connectivity index (χ1n) is 8.61. The van der Waals surface area contributed by atoms with Gasteiger partial charge in [0, 0.05) is 30.0 Å². The molecule has 0 radical (unpaired) electrons. The van der Waals surface area contributed by atoms with Crippen molar-refractivity contribution in [2.24, 2.45) is 5.92 Å². The maximum absolute atomic E-state index is 12.3. The van der Waals surface area contributed by atoms with Gasteiger partial charge in [-0.15, -0.1) is 12.4 Å². The van der Waals surface area contributed by atoms with E-state index in [9.17, 15) is 4.79 Å². The van der Waals surface area contributed by atoms with Crippen LogP contribution < -0.4 is 20.1 Å². The number of hydrogen-bond acceptors (Lipinski definition) is 4. The van der Waals surface area contributed by atoms with E-state index in [0.29, 0.717) is 13.2 Å². The van der Waals surface area contributed by atoms with Gasteiger partial charge in [0.05, 0.1) is 6.61 Å². The Morgan fingerprint density at radius 3 is 2.83 bits per heavy atom. The maximum Gasteiger partial charge on any atom is 0.223 e. The minimum absolute atomic E-state index is 0. The van der Waals surface area contributed by atoms with Crippen LogP contribution in [0.5, 0.6) is 11.5 Å². The molecule has 0 aromatic heterocycles. The lowest BCUT2D eigenvalue weighted by molar-refractivity contribution is -0.125. The Labute approximate surface area is 149 Å². The summed E-state index contributed by atoms with van der Waals surface area (Å²) in [4.78, 5) is 12.3. The highest BCUT2D eigenvalue weighted by Gasteiger charge is 2.23. The highest BCUT2D eigenvalue weighted by molar-refractivity contribution is 5.85. The van der Waals surface area contributed by atoms with Crippen LogP contribution in [-0.4, -0.2) is 31.7 Å². The third-order valence-corrected chi connectivity index (χ3v) is 4.54. The first-order valence-corrected chi connectivity index (χ1v) is 8.61. The summed E-state index contributed by atoms with van der Waals surface area (Å²) in [5.74, 6) is 2.04. The molecule has 3 rings (SSSR count). The quantitative estimate of drug-likeness (QED) is 0.852. The van der Waals surface area contributed by atoms with Crippen molar-refractivity contribution in [1.29, 1.82) is 0 Å². The number of fused-ring (bicyclic) bond motifs is 1. The molecule has 1 amide bonds. The normalized spacial score (nSPS) is 19.8. The highest BCUT2D eigenvalue weighted by Crippen LogP contribution is 2.35. The molecule has 0 bridgehead atoms. The Balaban J connectivity index is 0.00000208. The largest absolute Gasteiger partial charge is 0.494 e. The van der Waals surface area contributed by atoms with Crippen LogP contribution in [0.3, 0.4) is 0 Å². The van der Waals surface area contributed by atoms with Crippen molar-refractivity contribution in [2.75, 3.05) is 19.7 Å². The zero-order chi connectivity index (χ0) is 16.2. The summed E-state index contributed by atoms with van der Waals surface area (Å²) >= 11 is 0. The fourth-order valence-corrected chi connectivity index (χ4v) is 3.32. The highest BCUT2D eigenvalue weighted by atomic mass is 35.5. The number of carbonyl (C=O) groups is 1. The van der Waals surface area contributed by atoms with Crippen LogP contribution in [0.1, 0.15) is 37.8 Å². The van der Waals surface area contributed by atoms with E-state index in [2.05, 4.69) is 23.6 Å². The number of benzene rings is 1. The molecule has 5 nitrogen and oxygen atoms in total. The lowest BCUT2D eigenvalue weighted by atomic mass is 9.97. The second kappa shape index (κ2) is 8.58. The predicted octanol–water partition coefficient (Wildman–Crippen LogP) is 2.45. The van der Waals surface area contributed by atoms with E-state index in [4.69, 9.17) is 9.47 Å². The van der Waals surface area contributed by atoms with Crippen LogP contribution in [0.15, 0.2) is 12.1 Å². The Kier molecular flexibility index (Phi) is 6.75. The second-order valence-electron chi connectivity index (χ2n) is 6.38. The van der Waals surface area contributed by atoms with Crippen molar-refractivity contribution in [3.05, 3.63) is 23.3 Å². The van der Waals surface area contributed by atoms with E-state index in [0.717, 1.165) is 49.4 Å². The van der Waals surface area contributed by atoms with Gasteiger partial charge in [-0.3, -0.25) is 4.79 Å². The smallest absolute Gasteiger partial charge is 0.223 e. The van der Waals surface area contributed by atoms with Crippen molar-refractivity contribution in [3.8, 4) is 11.5 Å². The third kappa shape index (κ3) is 4.33. The lowest BCUT2D eigenvalue weighted by Gasteiger charge is -2.22. The third-order valence-electron chi connectivity index (χ3n) is 4.54. The van der Waals surface area contributed by atoms with E-state index in [1.54, 1.807) is 0 Å². The van der Waals surface area contributed by atoms with E-state index >= 15 is 0 Å². The van der Waals surface area contributed by atoms with Gasteiger partial charge < -0.3 is 20.1 Å². The van der Waals surface area contributed by atoms with E-state index in [-0.39, 0.29) is 30.3 Å². The van der Waals surface area contributed by atoms with Crippen molar-refractivity contribution in [1.82, 2.24) is 10.6 Å². The van der Waals surface area contributed by atoms with Gasteiger partial charge in [-0.2, -0.15) is 0 Å². The predicted molar refractivity (Wildman–Crippen MR) is 96.1 cm³/mol. The van der Waals surface area contributed by atoms with E-state index in [1.165, 1.54) is 5.56 Å². The fourth-order valence-electron chi connectivity index (χ4n) is 3.32. The molecule has 2 aliphatic heterocycles. The standard InChI is InChI=1S/C18H26N2O3.ClH/c1-3-22-16-9-14-8-12(2)23-17(14)10-15(16)11-20-18(21)13-4-6-19-7-5-13;/h9-10,12-13,19H,3-8,11H2,1-2H3,(H,20,21);1H. The molecule has 6 heteroatoms. The minimum atomic E-state index is 0. The number of piperidine rings is 1. The number of nitrogens with one attached hydrogen (secondary N) is 2. The van der Waals surface area contributed by atoms with Crippen LogP contribution in [0.25, 0.3) is 0 Å². The zero-order valence-corrected chi connectivity index (χ0v) is 15.2. The number of hydrogen-bond donors (Lipinski definition) is 2. The van der Waals surface area contributed by atoms with E-state index in [1.807, 2.05) is 13.0 Å². The summed E-state index contributed by atoms with van der Waals surface area (Å²) in [7, 11) is 0. The van der Waals surface area contributed by atoms with Crippen LogP contribution in [-0.2, 0) is 17.8 Å². The van der Waals surface area contributed by atoms with Crippen LogP contribution in [0, 0.1) is 5.92 Å². The summed E-state index contributed by atoms with van der Waals surface area (Å²) in [6.45, 7) is 7.00. The number of rotatable bonds is 5. The first kappa shape index (κ1) is 18.9. The molecule has 2 aliphatic rings. The Morgan fingerprint density at radius 1 is 1.38 bits per heavy atom. The Hall–Kier alpha value is -1.46. The molecule has 24 heavy (non-hydrogen) atoms. The molecule has 0 aliphatic carbocycles. The minimum Gasteiger partial charge on any atom is -0.494 e. The van der Waals surface area contributed by atoms with Crippen LogP contribution in [0.2, 0.25) is 0 Å². The molecule has 1 atom stereocenters. The van der Waals surface area contributed by atoms with Crippen molar-refractivity contribution in [3.63, 3.8) is 0 Å². The summed E-state index contributed by atoms with van der Waals surface area (Å²) in [6, 6.07) is 4.08. The zero-order valence-electron chi connectivity index (χ0n) is 14.4. The molecule has 2 N–H and O–H groups in total. The van der Waals surface area contributed by atoms with Crippen LogP contribution in [0.4, 0.5) is 0 Å². The molecule has 0 saturated carbocycles.